The van der Waals surface area contributed by atoms with Crippen LogP contribution in [0.3, 0.4) is 0 Å². The molecule has 0 bridgehead atoms. The van der Waals surface area contributed by atoms with Crippen molar-refractivity contribution in [1.82, 2.24) is 20.4 Å². The summed E-state index contributed by atoms with van der Waals surface area (Å²) in [5.74, 6) is 0.826. The third-order valence-corrected chi connectivity index (χ3v) is 6.26. The van der Waals surface area contributed by atoms with Crippen LogP contribution in [0.5, 0.6) is 11.5 Å². The van der Waals surface area contributed by atoms with E-state index in [1.54, 1.807) is 0 Å². The van der Waals surface area contributed by atoms with Gasteiger partial charge in [-0.15, -0.1) is 0 Å². The number of urea groups is 1. The van der Waals surface area contributed by atoms with Crippen LogP contribution >= 0.6 is 0 Å². The van der Waals surface area contributed by atoms with Crippen molar-refractivity contribution in [3.05, 3.63) is 59.7 Å². The number of imide groups is 1. The Hall–Kier alpha value is -3.59. The number of carbonyl (C=O) groups excluding carboxylic acids is 3. The van der Waals surface area contributed by atoms with E-state index in [9.17, 15) is 14.4 Å². The molecule has 0 aliphatic carbocycles. The number of rotatable bonds is 6. The number of hydrogen-bond acceptors (Lipinski definition) is 6. The maximum absolute atomic E-state index is 13.3. The third-order valence-electron chi connectivity index (χ3n) is 6.26. The van der Waals surface area contributed by atoms with E-state index in [1.165, 1.54) is 9.80 Å². The van der Waals surface area contributed by atoms with Gasteiger partial charge in [-0.25, -0.2) is 4.79 Å². The summed E-state index contributed by atoms with van der Waals surface area (Å²) in [6, 6.07) is 13.6. The van der Waals surface area contributed by atoms with Crippen molar-refractivity contribution in [1.29, 1.82) is 0 Å². The minimum atomic E-state index is -0.498. The fourth-order valence-corrected chi connectivity index (χ4v) is 4.58. The van der Waals surface area contributed by atoms with Crippen molar-refractivity contribution in [3.63, 3.8) is 0 Å². The topological polar surface area (TPSA) is 100 Å². The Morgan fingerprint density at radius 2 is 1.88 bits per heavy atom. The van der Waals surface area contributed by atoms with Gasteiger partial charge in [-0.3, -0.25) is 14.5 Å². The first-order valence-electron chi connectivity index (χ1n) is 11.1. The lowest BCUT2D eigenvalue weighted by molar-refractivity contribution is -0.139. The Morgan fingerprint density at radius 3 is 2.73 bits per heavy atom. The minimum Gasteiger partial charge on any atom is -0.454 e. The third kappa shape index (κ3) is 4.36. The maximum atomic E-state index is 13.3. The molecule has 0 radical (unpaired) electrons. The molecule has 2 N–H and O–H groups in total. The molecule has 2 atom stereocenters. The molecular weight excluding hydrogens is 424 g/mol. The lowest BCUT2D eigenvalue weighted by Gasteiger charge is -2.46. The molecular formula is C24H26N4O5. The van der Waals surface area contributed by atoms with Gasteiger partial charge in [-0.2, -0.15) is 0 Å². The number of nitrogens with zero attached hydrogens (tertiary/aromatic N) is 2. The predicted octanol–water partition coefficient (Wildman–Crippen LogP) is 1.62. The van der Waals surface area contributed by atoms with Crippen LogP contribution in [0, 0.1) is 0 Å². The molecule has 0 aromatic heterocycles. The molecule has 172 valence electrons. The number of nitrogens with one attached hydrogen (secondary N) is 2. The lowest BCUT2D eigenvalue weighted by Crippen LogP contribution is -2.70. The number of hydrogen-bond donors (Lipinski definition) is 2. The average molecular weight is 450 g/mol. The van der Waals surface area contributed by atoms with Gasteiger partial charge in [0.1, 0.15) is 12.6 Å². The first-order valence-corrected chi connectivity index (χ1v) is 11.1. The highest BCUT2D eigenvalue weighted by atomic mass is 16.7. The SMILES string of the molecule is O=C(CN1C(=O)N(Cc2ccccc2)C(=O)C2NCCCC21)NCc1ccc2c(c1)OCO2. The molecule has 3 aliphatic heterocycles. The van der Waals surface area contributed by atoms with Gasteiger partial charge in [0.2, 0.25) is 18.6 Å². The molecule has 2 unspecified atom stereocenters. The fraction of sp³-hybridized carbons (Fsp3) is 0.375. The van der Waals surface area contributed by atoms with Crippen LogP contribution in [-0.2, 0) is 22.7 Å². The highest BCUT2D eigenvalue weighted by molar-refractivity contribution is 6.01. The molecule has 2 saturated heterocycles. The van der Waals surface area contributed by atoms with Crippen LogP contribution in [0.4, 0.5) is 4.79 Å². The summed E-state index contributed by atoms with van der Waals surface area (Å²) in [4.78, 5) is 42.0. The molecule has 4 amide bonds. The molecule has 0 saturated carbocycles. The largest absolute Gasteiger partial charge is 0.454 e. The molecule has 9 nitrogen and oxygen atoms in total. The maximum Gasteiger partial charge on any atom is 0.327 e. The summed E-state index contributed by atoms with van der Waals surface area (Å²) < 4.78 is 10.7. The van der Waals surface area contributed by atoms with Crippen LogP contribution in [0.2, 0.25) is 0 Å². The smallest absolute Gasteiger partial charge is 0.327 e. The highest BCUT2D eigenvalue weighted by Gasteiger charge is 2.47. The zero-order valence-electron chi connectivity index (χ0n) is 18.2. The molecule has 3 heterocycles. The summed E-state index contributed by atoms with van der Waals surface area (Å²) in [7, 11) is 0. The number of piperidine rings is 1. The van der Waals surface area contributed by atoms with Crippen LogP contribution in [-0.4, -0.2) is 59.6 Å². The van der Waals surface area contributed by atoms with Gasteiger partial charge in [0.25, 0.3) is 0 Å². The summed E-state index contributed by atoms with van der Waals surface area (Å²) in [5.41, 5.74) is 1.73. The first-order chi connectivity index (χ1) is 16.1. The number of benzene rings is 2. The molecule has 33 heavy (non-hydrogen) atoms. The number of ether oxygens (including phenoxy) is 2. The van der Waals surface area contributed by atoms with Crippen LogP contribution in [0.15, 0.2) is 48.5 Å². The minimum absolute atomic E-state index is 0.106. The quantitative estimate of drug-likeness (QED) is 0.694. The van der Waals surface area contributed by atoms with Gasteiger partial charge >= 0.3 is 6.03 Å². The number of carbonyl (C=O) groups is 3. The van der Waals surface area contributed by atoms with Gasteiger partial charge in [0.05, 0.1) is 12.6 Å². The van der Waals surface area contributed by atoms with E-state index in [1.807, 2.05) is 48.5 Å². The van der Waals surface area contributed by atoms with Crippen molar-refractivity contribution < 1.29 is 23.9 Å². The normalized spacial score (nSPS) is 21.7. The van der Waals surface area contributed by atoms with Crippen molar-refractivity contribution in [2.24, 2.45) is 0 Å². The molecule has 2 aromatic carbocycles. The van der Waals surface area contributed by atoms with Gasteiger partial charge in [-0.05, 0) is 42.6 Å². The Balaban J connectivity index is 1.28. The predicted molar refractivity (Wildman–Crippen MR) is 118 cm³/mol. The Kier molecular flexibility index (Phi) is 5.87. The first kappa shape index (κ1) is 21.3. The summed E-state index contributed by atoms with van der Waals surface area (Å²) in [6.07, 6.45) is 1.53. The van der Waals surface area contributed by atoms with Crippen molar-refractivity contribution in [3.8, 4) is 11.5 Å². The van der Waals surface area contributed by atoms with Gasteiger partial charge in [-0.1, -0.05) is 36.4 Å². The monoisotopic (exact) mass is 450 g/mol. The van der Waals surface area contributed by atoms with Crippen molar-refractivity contribution in [2.45, 2.75) is 38.0 Å². The van der Waals surface area contributed by atoms with E-state index in [0.717, 1.165) is 17.5 Å². The number of amides is 4. The molecule has 3 aliphatic rings. The van der Waals surface area contributed by atoms with Gasteiger partial charge < -0.3 is 25.0 Å². The molecule has 9 heteroatoms. The zero-order chi connectivity index (χ0) is 22.8. The van der Waals surface area contributed by atoms with Crippen molar-refractivity contribution >= 4 is 17.8 Å². The van der Waals surface area contributed by atoms with E-state index >= 15 is 0 Å². The lowest BCUT2D eigenvalue weighted by atomic mass is 9.93. The Morgan fingerprint density at radius 1 is 1.06 bits per heavy atom. The number of fused-ring (bicyclic) bond motifs is 2. The second kappa shape index (κ2) is 9.11. The molecule has 0 spiro atoms. The second-order valence-corrected chi connectivity index (χ2v) is 8.43. The molecule has 2 fully saturated rings. The highest BCUT2D eigenvalue weighted by Crippen LogP contribution is 2.32. The van der Waals surface area contributed by atoms with Crippen LogP contribution in [0.1, 0.15) is 24.0 Å². The average Bonchev–Trinajstić information content (AvgIpc) is 3.32. The van der Waals surface area contributed by atoms with Gasteiger partial charge in [0, 0.05) is 6.54 Å². The molecule has 5 rings (SSSR count). The van der Waals surface area contributed by atoms with E-state index in [0.29, 0.717) is 31.0 Å². The second-order valence-electron chi connectivity index (χ2n) is 8.43. The summed E-state index contributed by atoms with van der Waals surface area (Å²) >= 11 is 0. The zero-order valence-corrected chi connectivity index (χ0v) is 18.2. The summed E-state index contributed by atoms with van der Waals surface area (Å²) in [5, 5.41) is 6.13. The van der Waals surface area contributed by atoms with E-state index in [4.69, 9.17) is 9.47 Å². The fourth-order valence-electron chi connectivity index (χ4n) is 4.58. The van der Waals surface area contributed by atoms with E-state index in [-0.39, 0.29) is 37.7 Å². The van der Waals surface area contributed by atoms with Crippen molar-refractivity contribution in [2.75, 3.05) is 19.9 Å². The Labute approximate surface area is 191 Å². The molecule has 2 aromatic rings. The summed E-state index contributed by atoms with van der Waals surface area (Å²) in [6.45, 7) is 1.28. The van der Waals surface area contributed by atoms with Crippen LogP contribution in [0.25, 0.3) is 0 Å². The standard InChI is InChI=1S/C24H26N4O5/c29-21(26-12-17-8-9-19-20(11-17)33-15-32-19)14-27-18-7-4-10-25-22(18)23(30)28(24(27)31)13-16-5-2-1-3-6-16/h1-3,5-6,8-9,11,18,22,25H,4,7,10,12-15H2,(H,26,29). The van der Waals surface area contributed by atoms with E-state index in [2.05, 4.69) is 10.6 Å². The van der Waals surface area contributed by atoms with Crippen LogP contribution < -0.4 is 20.1 Å². The van der Waals surface area contributed by atoms with Gasteiger partial charge in [0.15, 0.2) is 11.5 Å². The van der Waals surface area contributed by atoms with E-state index < -0.39 is 12.1 Å². The Bertz CT molecular complexity index is 1060.